The van der Waals surface area contributed by atoms with Crippen LogP contribution in [0.4, 0.5) is 5.69 Å². The molecule has 1 atom stereocenters. The van der Waals surface area contributed by atoms with Crippen LogP contribution in [0, 0.1) is 0 Å². The third kappa shape index (κ3) is 3.75. The lowest BCUT2D eigenvalue weighted by Gasteiger charge is -2.21. The fourth-order valence-electron chi connectivity index (χ4n) is 1.81. The summed E-state index contributed by atoms with van der Waals surface area (Å²) >= 11 is 0. The Kier molecular flexibility index (Phi) is 4.97. The summed E-state index contributed by atoms with van der Waals surface area (Å²) in [6, 6.07) is 7.06. The molecule has 0 saturated heterocycles. The number of carboxylic acids is 1. The van der Waals surface area contributed by atoms with E-state index in [2.05, 4.69) is 18.7 Å². The van der Waals surface area contributed by atoms with E-state index < -0.39 is 12.0 Å². The molecule has 1 aromatic carbocycles. The Morgan fingerprint density at radius 2 is 2.06 bits per heavy atom. The number of benzene rings is 1. The first-order chi connectivity index (χ1) is 8.08. The van der Waals surface area contributed by atoms with Gasteiger partial charge in [0.25, 0.3) is 0 Å². The number of nitrogens with two attached hydrogens (primary N) is 1. The van der Waals surface area contributed by atoms with Crippen LogP contribution >= 0.6 is 0 Å². The van der Waals surface area contributed by atoms with Crippen molar-refractivity contribution < 1.29 is 9.90 Å². The van der Waals surface area contributed by atoms with E-state index in [1.165, 1.54) is 0 Å². The van der Waals surface area contributed by atoms with Crippen molar-refractivity contribution in [3.63, 3.8) is 0 Å². The van der Waals surface area contributed by atoms with E-state index in [4.69, 9.17) is 10.8 Å². The van der Waals surface area contributed by atoms with Crippen LogP contribution in [0.1, 0.15) is 19.4 Å². The number of hydrogen-bond donors (Lipinski definition) is 2. The Morgan fingerprint density at radius 3 is 2.59 bits per heavy atom. The zero-order chi connectivity index (χ0) is 12.8. The van der Waals surface area contributed by atoms with Gasteiger partial charge in [0.05, 0.1) is 0 Å². The molecule has 4 heteroatoms. The highest BCUT2D eigenvalue weighted by Gasteiger charge is 2.12. The lowest BCUT2D eigenvalue weighted by atomic mass is 10.1. The summed E-state index contributed by atoms with van der Waals surface area (Å²) in [6.45, 7) is 6.06. The molecule has 0 saturated carbocycles. The minimum Gasteiger partial charge on any atom is -0.480 e. The van der Waals surface area contributed by atoms with Gasteiger partial charge in [-0.25, -0.2) is 0 Å². The topological polar surface area (TPSA) is 66.6 Å². The lowest BCUT2D eigenvalue weighted by Crippen LogP contribution is -2.32. The molecule has 1 rings (SSSR count). The van der Waals surface area contributed by atoms with Crippen LogP contribution in [-0.2, 0) is 11.2 Å². The SMILES string of the molecule is CCN(CC)c1cccc(C[C@H](N)C(=O)O)c1. The Bertz CT molecular complexity index is 375. The van der Waals surface area contributed by atoms with Crippen LogP contribution in [0.5, 0.6) is 0 Å². The van der Waals surface area contributed by atoms with E-state index in [9.17, 15) is 4.79 Å². The molecule has 17 heavy (non-hydrogen) atoms. The van der Waals surface area contributed by atoms with Gasteiger partial charge in [0.15, 0.2) is 0 Å². The predicted octanol–water partition coefficient (Wildman–Crippen LogP) is 1.49. The van der Waals surface area contributed by atoms with Crippen molar-refractivity contribution in [3.8, 4) is 0 Å². The molecule has 0 aliphatic rings. The van der Waals surface area contributed by atoms with E-state index in [1.54, 1.807) is 0 Å². The standard InChI is InChI=1S/C13H20N2O2/c1-3-15(4-2)11-7-5-6-10(8-11)9-12(14)13(16)17/h5-8,12H,3-4,9,14H2,1-2H3,(H,16,17)/t12-/m0/s1. The van der Waals surface area contributed by atoms with Gasteiger partial charge >= 0.3 is 5.97 Å². The predicted molar refractivity (Wildman–Crippen MR) is 69.3 cm³/mol. The quantitative estimate of drug-likeness (QED) is 0.785. The van der Waals surface area contributed by atoms with Gasteiger partial charge in [-0.15, -0.1) is 0 Å². The first kappa shape index (κ1) is 13.5. The van der Waals surface area contributed by atoms with Crippen molar-refractivity contribution in [3.05, 3.63) is 29.8 Å². The summed E-state index contributed by atoms with van der Waals surface area (Å²) in [7, 11) is 0. The zero-order valence-corrected chi connectivity index (χ0v) is 10.4. The molecule has 0 amide bonds. The third-order valence-electron chi connectivity index (χ3n) is 2.81. The van der Waals surface area contributed by atoms with Crippen LogP contribution in [-0.4, -0.2) is 30.2 Å². The third-order valence-corrected chi connectivity index (χ3v) is 2.81. The molecular formula is C13H20N2O2. The fraction of sp³-hybridized carbons (Fsp3) is 0.462. The maximum atomic E-state index is 10.7. The minimum atomic E-state index is -0.960. The smallest absolute Gasteiger partial charge is 0.320 e. The molecule has 0 heterocycles. The van der Waals surface area contributed by atoms with E-state index in [0.717, 1.165) is 24.3 Å². The monoisotopic (exact) mass is 236 g/mol. The van der Waals surface area contributed by atoms with Crippen LogP contribution < -0.4 is 10.6 Å². The Balaban J connectivity index is 2.82. The molecule has 4 nitrogen and oxygen atoms in total. The van der Waals surface area contributed by atoms with Crippen LogP contribution in [0.15, 0.2) is 24.3 Å². The largest absolute Gasteiger partial charge is 0.480 e. The van der Waals surface area contributed by atoms with E-state index in [-0.39, 0.29) is 0 Å². The summed E-state index contributed by atoms with van der Waals surface area (Å²) in [5.74, 6) is -0.960. The van der Waals surface area contributed by atoms with Crippen molar-refractivity contribution in [2.24, 2.45) is 5.73 Å². The highest BCUT2D eigenvalue weighted by Crippen LogP contribution is 2.16. The van der Waals surface area contributed by atoms with Crippen molar-refractivity contribution in [1.82, 2.24) is 0 Å². The molecule has 3 N–H and O–H groups in total. The number of carboxylic acid groups (broad SMARTS) is 1. The molecule has 0 radical (unpaired) electrons. The zero-order valence-electron chi connectivity index (χ0n) is 10.4. The number of nitrogens with zero attached hydrogens (tertiary/aromatic N) is 1. The highest BCUT2D eigenvalue weighted by atomic mass is 16.4. The first-order valence-electron chi connectivity index (χ1n) is 5.90. The number of rotatable bonds is 6. The van der Waals surface area contributed by atoms with Crippen molar-refractivity contribution in [2.75, 3.05) is 18.0 Å². The number of anilines is 1. The molecule has 0 aromatic heterocycles. The van der Waals surface area contributed by atoms with Crippen LogP contribution in [0.2, 0.25) is 0 Å². The summed E-state index contributed by atoms with van der Waals surface area (Å²) in [6.07, 6.45) is 0.366. The maximum absolute atomic E-state index is 10.7. The molecule has 0 aliphatic carbocycles. The number of hydrogen-bond acceptors (Lipinski definition) is 3. The molecule has 0 unspecified atom stereocenters. The molecule has 0 spiro atoms. The van der Waals surface area contributed by atoms with Gasteiger partial charge < -0.3 is 15.7 Å². The number of aliphatic carboxylic acids is 1. The minimum absolute atomic E-state index is 0.366. The van der Waals surface area contributed by atoms with Crippen molar-refractivity contribution in [1.29, 1.82) is 0 Å². The highest BCUT2D eigenvalue weighted by molar-refractivity contribution is 5.73. The van der Waals surface area contributed by atoms with Crippen molar-refractivity contribution in [2.45, 2.75) is 26.3 Å². The van der Waals surface area contributed by atoms with Gasteiger partial charge in [0.1, 0.15) is 6.04 Å². The van der Waals surface area contributed by atoms with Gasteiger partial charge in [-0.1, -0.05) is 12.1 Å². The van der Waals surface area contributed by atoms with Gasteiger partial charge in [-0.3, -0.25) is 4.79 Å². The second kappa shape index (κ2) is 6.25. The molecule has 0 fully saturated rings. The molecule has 0 bridgehead atoms. The Labute approximate surface area is 102 Å². The normalized spacial score (nSPS) is 12.2. The van der Waals surface area contributed by atoms with Gasteiger partial charge in [-0.2, -0.15) is 0 Å². The summed E-state index contributed by atoms with van der Waals surface area (Å²) in [4.78, 5) is 12.9. The Morgan fingerprint density at radius 1 is 1.41 bits per heavy atom. The van der Waals surface area contributed by atoms with Gasteiger partial charge in [-0.05, 0) is 38.0 Å². The molecule has 1 aromatic rings. The fourth-order valence-corrected chi connectivity index (χ4v) is 1.81. The second-order valence-electron chi connectivity index (χ2n) is 3.99. The lowest BCUT2D eigenvalue weighted by molar-refractivity contribution is -0.138. The van der Waals surface area contributed by atoms with E-state index >= 15 is 0 Å². The van der Waals surface area contributed by atoms with Crippen LogP contribution in [0.25, 0.3) is 0 Å². The van der Waals surface area contributed by atoms with Crippen LogP contribution in [0.3, 0.4) is 0 Å². The summed E-state index contributed by atoms with van der Waals surface area (Å²) in [5, 5.41) is 8.78. The molecule has 94 valence electrons. The van der Waals surface area contributed by atoms with Crippen molar-refractivity contribution >= 4 is 11.7 Å². The molecule has 0 aliphatic heterocycles. The number of carbonyl (C=O) groups is 1. The van der Waals surface area contributed by atoms with E-state index in [1.807, 2.05) is 24.3 Å². The summed E-state index contributed by atoms with van der Waals surface area (Å²) in [5.41, 5.74) is 7.60. The maximum Gasteiger partial charge on any atom is 0.320 e. The van der Waals surface area contributed by atoms with Gasteiger partial charge in [0, 0.05) is 18.8 Å². The second-order valence-corrected chi connectivity index (χ2v) is 3.99. The average Bonchev–Trinajstić information content (AvgIpc) is 2.31. The van der Waals surface area contributed by atoms with E-state index in [0.29, 0.717) is 6.42 Å². The van der Waals surface area contributed by atoms with Gasteiger partial charge in [0.2, 0.25) is 0 Å². The molecular weight excluding hydrogens is 216 g/mol. The average molecular weight is 236 g/mol. The first-order valence-corrected chi connectivity index (χ1v) is 5.90. The summed E-state index contributed by atoms with van der Waals surface area (Å²) < 4.78 is 0. The Hall–Kier alpha value is -1.55.